The summed E-state index contributed by atoms with van der Waals surface area (Å²) in [5.41, 5.74) is 0. The van der Waals surface area contributed by atoms with E-state index in [2.05, 4.69) is 20.2 Å². The average Bonchev–Trinajstić information content (AvgIpc) is 2.59. The number of piperidine rings is 1. The van der Waals surface area contributed by atoms with Crippen molar-refractivity contribution < 1.29 is 9.59 Å². The lowest BCUT2D eigenvalue weighted by Gasteiger charge is -2.36. The molecule has 2 saturated heterocycles. The van der Waals surface area contributed by atoms with Gasteiger partial charge in [0.15, 0.2) is 0 Å². The Bertz CT molecular complexity index is 558. The Balaban J connectivity index is 1.48. The highest BCUT2D eigenvalue weighted by Crippen LogP contribution is 2.12. The maximum atomic E-state index is 12.4. The Labute approximate surface area is 135 Å². The molecule has 23 heavy (non-hydrogen) atoms. The first kappa shape index (κ1) is 15.5. The van der Waals surface area contributed by atoms with Crippen LogP contribution in [-0.4, -0.2) is 77.5 Å². The molecule has 3 amide bonds. The van der Waals surface area contributed by atoms with E-state index < -0.39 is 0 Å². The molecule has 3 rings (SSSR count). The summed E-state index contributed by atoms with van der Waals surface area (Å²) in [6, 6.07) is 1.78. The largest absolute Gasteiger partial charge is 0.344 e. The maximum absolute atomic E-state index is 12.4. The van der Waals surface area contributed by atoms with Crippen LogP contribution in [0.3, 0.4) is 0 Å². The van der Waals surface area contributed by atoms with Crippen molar-refractivity contribution in [1.29, 1.82) is 0 Å². The molecule has 0 aromatic carbocycles. The van der Waals surface area contributed by atoms with Gasteiger partial charge in [0.2, 0.25) is 11.9 Å². The number of likely N-dealkylation sites (N-methyl/N-ethyl adjacent to an activating group) is 1. The molecule has 1 N–H and O–H groups in total. The summed E-state index contributed by atoms with van der Waals surface area (Å²) in [4.78, 5) is 37.9. The number of carbonyl (C=O) groups excluding carboxylic acids is 2. The Morgan fingerprint density at radius 3 is 2.57 bits per heavy atom. The number of hydrogen-bond donors (Lipinski definition) is 1. The minimum Gasteiger partial charge on any atom is -0.344 e. The summed E-state index contributed by atoms with van der Waals surface area (Å²) in [6.45, 7) is 3.32. The van der Waals surface area contributed by atoms with Gasteiger partial charge in [-0.3, -0.25) is 4.79 Å². The average molecular weight is 318 g/mol. The Kier molecular flexibility index (Phi) is 4.59. The molecule has 0 radical (unpaired) electrons. The number of hydrogen-bond acceptors (Lipinski definition) is 5. The van der Waals surface area contributed by atoms with E-state index in [1.807, 2.05) is 4.90 Å². The minimum absolute atomic E-state index is 0.0423. The van der Waals surface area contributed by atoms with Crippen molar-refractivity contribution in [2.24, 2.45) is 0 Å². The molecule has 0 spiro atoms. The predicted molar refractivity (Wildman–Crippen MR) is 85.0 cm³/mol. The van der Waals surface area contributed by atoms with E-state index in [1.54, 1.807) is 30.4 Å². The standard InChI is InChI=1S/C15H22N6O2/c1-19-11-12(3-4-13(19)22)18-15(23)21-9-7-20(8-10-21)14-16-5-2-6-17-14/h2,5-6,12H,3-4,7-11H2,1H3,(H,18,23)/t12-/m0/s1. The van der Waals surface area contributed by atoms with Crippen molar-refractivity contribution in [1.82, 2.24) is 25.1 Å². The second-order valence-corrected chi connectivity index (χ2v) is 5.98. The summed E-state index contributed by atoms with van der Waals surface area (Å²) in [6.07, 6.45) is 4.66. The number of piperazine rings is 1. The zero-order valence-corrected chi connectivity index (χ0v) is 13.3. The molecular weight excluding hydrogens is 296 g/mol. The van der Waals surface area contributed by atoms with Gasteiger partial charge in [-0.25, -0.2) is 14.8 Å². The first-order valence-electron chi connectivity index (χ1n) is 7.95. The fraction of sp³-hybridized carbons (Fsp3) is 0.600. The maximum Gasteiger partial charge on any atom is 0.317 e. The topological polar surface area (TPSA) is 81.7 Å². The SMILES string of the molecule is CN1C[C@@H](NC(=O)N2CCN(c3ncccn3)CC2)CCC1=O. The normalized spacial score (nSPS) is 22.2. The molecule has 3 heterocycles. The number of carbonyl (C=O) groups is 2. The molecule has 0 bridgehead atoms. The van der Waals surface area contributed by atoms with Gasteiger partial charge in [-0.1, -0.05) is 0 Å². The van der Waals surface area contributed by atoms with Gasteiger partial charge in [-0.15, -0.1) is 0 Å². The van der Waals surface area contributed by atoms with E-state index in [0.717, 1.165) is 13.1 Å². The summed E-state index contributed by atoms with van der Waals surface area (Å²) in [5, 5.41) is 3.04. The lowest BCUT2D eigenvalue weighted by molar-refractivity contribution is -0.132. The van der Waals surface area contributed by atoms with Crippen LogP contribution in [0.25, 0.3) is 0 Å². The second kappa shape index (κ2) is 6.80. The molecular formula is C15H22N6O2. The third-order valence-electron chi connectivity index (χ3n) is 4.36. The highest BCUT2D eigenvalue weighted by Gasteiger charge is 2.27. The van der Waals surface area contributed by atoms with E-state index in [4.69, 9.17) is 0 Å². The van der Waals surface area contributed by atoms with Gasteiger partial charge in [-0.2, -0.15) is 0 Å². The first-order valence-corrected chi connectivity index (χ1v) is 7.95. The van der Waals surface area contributed by atoms with Crippen LogP contribution in [0.4, 0.5) is 10.7 Å². The van der Waals surface area contributed by atoms with Gasteiger partial charge in [0, 0.05) is 64.6 Å². The third-order valence-corrected chi connectivity index (χ3v) is 4.36. The van der Waals surface area contributed by atoms with Crippen LogP contribution in [0.5, 0.6) is 0 Å². The molecule has 2 fully saturated rings. The van der Waals surface area contributed by atoms with Crippen molar-refractivity contribution in [2.45, 2.75) is 18.9 Å². The number of nitrogens with one attached hydrogen (secondary N) is 1. The quantitative estimate of drug-likeness (QED) is 0.825. The van der Waals surface area contributed by atoms with Crippen LogP contribution in [0.1, 0.15) is 12.8 Å². The van der Waals surface area contributed by atoms with Gasteiger partial charge in [0.25, 0.3) is 0 Å². The van der Waals surface area contributed by atoms with Crippen LogP contribution >= 0.6 is 0 Å². The zero-order valence-electron chi connectivity index (χ0n) is 13.3. The van der Waals surface area contributed by atoms with Crippen LogP contribution in [0.2, 0.25) is 0 Å². The lowest BCUT2D eigenvalue weighted by Crippen LogP contribution is -2.56. The number of rotatable bonds is 2. The van der Waals surface area contributed by atoms with Gasteiger partial charge in [-0.05, 0) is 12.5 Å². The van der Waals surface area contributed by atoms with Crippen molar-refractivity contribution in [3.63, 3.8) is 0 Å². The molecule has 8 heteroatoms. The van der Waals surface area contributed by atoms with Crippen molar-refractivity contribution in [2.75, 3.05) is 44.7 Å². The zero-order chi connectivity index (χ0) is 16.2. The summed E-state index contributed by atoms with van der Waals surface area (Å²) >= 11 is 0. The smallest absolute Gasteiger partial charge is 0.317 e. The van der Waals surface area contributed by atoms with E-state index in [1.165, 1.54) is 0 Å². The second-order valence-electron chi connectivity index (χ2n) is 5.98. The van der Waals surface area contributed by atoms with Crippen molar-refractivity contribution in [3.05, 3.63) is 18.5 Å². The molecule has 2 aliphatic rings. The predicted octanol–water partition coefficient (Wildman–Crippen LogP) is -0.0710. The molecule has 2 aliphatic heterocycles. The Hall–Kier alpha value is -2.38. The molecule has 8 nitrogen and oxygen atoms in total. The molecule has 124 valence electrons. The number of aromatic nitrogens is 2. The van der Waals surface area contributed by atoms with Crippen LogP contribution in [-0.2, 0) is 4.79 Å². The molecule has 1 aromatic heterocycles. The summed E-state index contributed by atoms with van der Waals surface area (Å²) < 4.78 is 0. The lowest BCUT2D eigenvalue weighted by atomic mass is 10.1. The fourth-order valence-corrected chi connectivity index (χ4v) is 2.96. The Morgan fingerprint density at radius 2 is 1.91 bits per heavy atom. The number of likely N-dealkylation sites (tertiary alicyclic amines) is 1. The monoisotopic (exact) mass is 318 g/mol. The van der Waals surface area contributed by atoms with E-state index in [0.29, 0.717) is 38.4 Å². The van der Waals surface area contributed by atoms with Gasteiger partial charge in [0.05, 0.1) is 0 Å². The van der Waals surface area contributed by atoms with Crippen LogP contribution < -0.4 is 10.2 Å². The van der Waals surface area contributed by atoms with Crippen molar-refractivity contribution in [3.8, 4) is 0 Å². The van der Waals surface area contributed by atoms with E-state index in [-0.39, 0.29) is 18.0 Å². The third kappa shape index (κ3) is 3.69. The number of nitrogens with zero attached hydrogens (tertiary/aromatic N) is 5. The van der Waals surface area contributed by atoms with Gasteiger partial charge >= 0.3 is 6.03 Å². The van der Waals surface area contributed by atoms with Gasteiger partial charge in [0.1, 0.15) is 0 Å². The van der Waals surface area contributed by atoms with Gasteiger partial charge < -0.3 is 20.0 Å². The first-order chi connectivity index (χ1) is 11.1. The summed E-state index contributed by atoms with van der Waals surface area (Å²) in [5.74, 6) is 0.854. The highest BCUT2D eigenvalue weighted by molar-refractivity contribution is 5.78. The van der Waals surface area contributed by atoms with Crippen molar-refractivity contribution >= 4 is 17.9 Å². The molecule has 1 atom stereocenters. The highest BCUT2D eigenvalue weighted by atomic mass is 16.2. The number of amides is 3. The van der Waals surface area contributed by atoms with E-state index >= 15 is 0 Å². The summed E-state index contributed by atoms with van der Waals surface area (Å²) in [7, 11) is 1.78. The van der Waals surface area contributed by atoms with E-state index in [9.17, 15) is 9.59 Å². The molecule has 0 aliphatic carbocycles. The van der Waals surface area contributed by atoms with Crippen LogP contribution in [0, 0.1) is 0 Å². The molecule has 1 aromatic rings. The minimum atomic E-state index is -0.0496. The Morgan fingerprint density at radius 1 is 1.22 bits per heavy atom. The fourth-order valence-electron chi connectivity index (χ4n) is 2.96. The molecule has 0 unspecified atom stereocenters. The number of urea groups is 1. The molecule has 0 saturated carbocycles. The van der Waals surface area contributed by atoms with Crippen LogP contribution in [0.15, 0.2) is 18.5 Å². The number of anilines is 1.